The number of amides is 1. The van der Waals surface area contributed by atoms with Crippen molar-refractivity contribution < 1.29 is 9.53 Å². The first kappa shape index (κ1) is 10.6. The molecule has 0 aliphatic carbocycles. The van der Waals surface area contributed by atoms with E-state index in [4.69, 9.17) is 4.74 Å². The van der Waals surface area contributed by atoms with Crippen molar-refractivity contribution in [1.29, 1.82) is 0 Å². The van der Waals surface area contributed by atoms with E-state index in [0.29, 0.717) is 0 Å². The number of nitrogens with zero attached hydrogens (tertiary/aromatic N) is 1. The second-order valence-corrected chi connectivity index (χ2v) is 3.08. The van der Waals surface area contributed by atoms with E-state index < -0.39 is 0 Å². The van der Waals surface area contributed by atoms with Crippen molar-refractivity contribution >= 4 is 6.09 Å². The van der Waals surface area contributed by atoms with Crippen molar-refractivity contribution in [2.24, 2.45) is 0 Å². The first-order valence-electron chi connectivity index (χ1n) is 4.74. The molecule has 1 atom stereocenters. The molecule has 0 spiro atoms. The van der Waals surface area contributed by atoms with Crippen molar-refractivity contribution in [3.63, 3.8) is 0 Å². The maximum atomic E-state index is 11.5. The highest BCUT2D eigenvalue weighted by Crippen LogP contribution is 2.05. The summed E-state index contributed by atoms with van der Waals surface area (Å²) in [5.74, 6) is 0. The highest BCUT2D eigenvalue weighted by atomic mass is 16.6. The number of carbonyl (C=O) groups is 1. The lowest BCUT2D eigenvalue weighted by Gasteiger charge is -2.16. The molecule has 0 bridgehead atoms. The van der Waals surface area contributed by atoms with E-state index in [-0.39, 0.29) is 12.2 Å². The molecule has 14 heavy (non-hydrogen) atoms. The normalized spacial score (nSPS) is 16.6. The van der Waals surface area contributed by atoms with Gasteiger partial charge in [-0.2, -0.15) is 0 Å². The zero-order valence-electron chi connectivity index (χ0n) is 8.51. The number of allylic oxidation sites excluding steroid dienone is 4. The molecule has 1 heterocycles. The van der Waals surface area contributed by atoms with Gasteiger partial charge in [-0.05, 0) is 25.5 Å². The molecule has 0 aromatic carbocycles. The van der Waals surface area contributed by atoms with E-state index >= 15 is 0 Å². The van der Waals surface area contributed by atoms with E-state index in [2.05, 4.69) is 0 Å². The van der Waals surface area contributed by atoms with E-state index in [0.717, 1.165) is 6.42 Å². The van der Waals surface area contributed by atoms with Crippen molar-refractivity contribution in [3.8, 4) is 0 Å². The molecule has 0 N–H and O–H groups in total. The average Bonchev–Trinajstić information content (AvgIpc) is 2.45. The van der Waals surface area contributed by atoms with Crippen LogP contribution in [0.1, 0.15) is 20.3 Å². The van der Waals surface area contributed by atoms with Crippen LogP contribution in [0.15, 0.2) is 36.7 Å². The minimum absolute atomic E-state index is 0.0412. The van der Waals surface area contributed by atoms with Gasteiger partial charge in [-0.15, -0.1) is 0 Å². The Morgan fingerprint density at radius 1 is 1.29 bits per heavy atom. The summed E-state index contributed by atoms with van der Waals surface area (Å²) < 4.78 is 5.15. The summed E-state index contributed by atoms with van der Waals surface area (Å²) in [6, 6.07) is 0. The van der Waals surface area contributed by atoms with Gasteiger partial charge in [0.15, 0.2) is 0 Å². The molecule has 1 amide bonds. The van der Waals surface area contributed by atoms with Crippen LogP contribution in [0.3, 0.4) is 0 Å². The van der Waals surface area contributed by atoms with Gasteiger partial charge in [0.2, 0.25) is 0 Å². The Balaban J connectivity index is 2.52. The van der Waals surface area contributed by atoms with Crippen LogP contribution in [0.5, 0.6) is 0 Å². The Bertz CT molecular complexity index is 263. The third kappa shape index (κ3) is 3.09. The third-order valence-corrected chi connectivity index (χ3v) is 1.91. The lowest BCUT2D eigenvalue weighted by atomic mass is 10.3. The maximum Gasteiger partial charge on any atom is 0.418 e. The maximum absolute atomic E-state index is 11.5. The monoisotopic (exact) mass is 193 g/mol. The second-order valence-electron chi connectivity index (χ2n) is 3.08. The quantitative estimate of drug-likeness (QED) is 0.674. The fraction of sp³-hybridized carbons (Fsp3) is 0.364. The molecular weight excluding hydrogens is 178 g/mol. The molecule has 0 saturated heterocycles. The number of ether oxygens (including phenoxy) is 1. The first-order chi connectivity index (χ1) is 6.74. The van der Waals surface area contributed by atoms with Crippen molar-refractivity contribution in [3.05, 3.63) is 36.7 Å². The smallest absolute Gasteiger partial charge is 0.418 e. The van der Waals surface area contributed by atoms with Gasteiger partial charge in [0.1, 0.15) is 6.10 Å². The van der Waals surface area contributed by atoms with Gasteiger partial charge in [-0.25, -0.2) is 4.79 Å². The topological polar surface area (TPSA) is 29.5 Å². The number of carbonyl (C=O) groups excluding carboxylic acids is 1. The summed E-state index contributed by atoms with van der Waals surface area (Å²) in [4.78, 5) is 12.9. The van der Waals surface area contributed by atoms with E-state index in [1.165, 1.54) is 4.90 Å². The molecule has 0 aromatic rings. The minimum atomic E-state index is -0.337. The number of rotatable bonds is 2. The largest absolute Gasteiger partial charge is 0.446 e. The molecule has 3 heteroatoms. The van der Waals surface area contributed by atoms with Gasteiger partial charge >= 0.3 is 6.09 Å². The molecule has 0 fully saturated rings. The summed E-state index contributed by atoms with van der Waals surface area (Å²) in [6.45, 7) is 3.86. The first-order valence-corrected chi connectivity index (χ1v) is 4.74. The molecule has 0 aromatic heterocycles. The standard InChI is InChI=1S/C11H15NO2/c1-3-10(2)14-11(13)12-8-6-4-5-7-9-12/h4-10H,3H2,1-2H3. The van der Waals surface area contributed by atoms with Crippen LogP contribution in [0.25, 0.3) is 0 Å². The minimum Gasteiger partial charge on any atom is -0.446 e. The molecule has 1 aliphatic heterocycles. The van der Waals surface area contributed by atoms with E-state index in [1.807, 2.05) is 26.0 Å². The molecule has 1 rings (SSSR count). The molecule has 1 aliphatic rings. The lowest BCUT2D eigenvalue weighted by molar-refractivity contribution is 0.0888. The number of hydrogen-bond acceptors (Lipinski definition) is 2. The molecule has 1 unspecified atom stereocenters. The van der Waals surface area contributed by atoms with Gasteiger partial charge in [0.05, 0.1) is 0 Å². The highest BCUT2D eigenvalue weighted by Gasteiger charge is 2.12. The van der Waals surface area contributed by atoms with Crippen LogP contribution in [0.2, 0.25) is 0 Å². The third-order valence-electron chi connectivity index (χ3n) is 1.91. The number of hydrogen-bond donors (Lipinski definition) is 0. The Labute approximate surface area is 84.3 Å². The molecule has 0 radical (unpaired) electrons. The molecule has 0 saturated carbocycles. The highest BCUT2D eigenvalue weighted by molar-refractivity contribution is 5.70. The van der Waals surface area contributed by atoms with Gasteiger partial charge in [-0.3, -0.25) is 4.90 Å². The van der Waals surface area contributed by atoms with Crippen molar-refractivity contribution in [1.82, 2.24) is 4.90 Å². The average molecular weight is 193 g/mol. The Kier molecular flexibility index (Phi) is 3.98. The SMILES string of the molecule is CCC(C)OC(=O)N1C=CC=CC=C1. The van der Waals surface area contributed by atoms with Crippen LogP contribution in [0.4, 0.5) is 4.79 Å². The predicted octanol–water partition coefficient (Wildman–Crippen LogP) is 2.82. The van der Waals surface area contributed by atoms with Crippen LogP contribution in [-0.4, -0.2) is 17.1 Å². The summed E-state index contributed by atoms with van der Waals surface area (Å²) in [7, 11) is 0. The molecular formula is C11H15NO2. The van der Waals surface area contributed by atoms with Crippen LogP contribution < -0.4 is 0 Å². The zero-order valence-corrected chi connectivity index (χ0v) is 8.51. The predicted molar refractivity (Wildman–Crippen MR) is 55.5 cm³/mol. The van der Waals surface area contributed by atoms with Crippen LogP contribution in [0, 0.1) is 0 Å². The van der Waals surface area contributed by atoms with Crippen molar-refractivity contribution in [2.45, 2.75) is 26.4 Å². The Morgan fingerprint density at radius 3 is 2.36 bits per heavy atom. The second kappa shape index (κ2) is 5.27. The van der Waals surface area contributed by atoms with Gasteiger partial charge < -0.3 is 4.74 Å². The van der Waals surface area contributed by atoms with Gasteiger partial charge in [0, 0.05) is 12.4 Å². The fourth-order valence-electron chi connectivity index (χ4n) is 0.901. The fourth-order valence-corrected chi connectivity index (χ4v) is 0.901. The summed E-state index contributed by atoms with van der Waals surface area (Å²) in [5, 5.41) is 0. The van der Waals surface area contributed by atoms with Crippen molar-refractivity contribution in [2.75, 3.05) is 0 Å². The molecule has 76 valence electrons. The summed E-state index contributed by atoms with van der Waals surface area (Å²) in [6.07, 6.45) is 11.1. The van der Waals surface area contributed by atoms with Gasteiger partial charge in [-0.1, -0.05) is 19.1 Å². The van der Waals surface area contributed by atoms with Crippen LogP contribution in [-0.2, 0) is 4.74 Å². The Hall–Kier alpha value is -1.51. The van der Waals surface area contributed by atoms with E-state index in [9.17, 15) is 4.79 Å². The Morgan fingerprint density at radius 2 is 1.86 bits per heavy atom. The summed E-state index contributed by atoms with van der Waals surface area (Å²) in [5.41, 5.74) is 0. The van der Waals surface area contributed by atoms with Crippen LogP contribution >= 0.6 is 0 Å². The van der Waals surface area contributed by atoms with E-state index in [1.54, 1.807) is 24.6 Å². The summed E-state index contributed by atoms with van der Waals surface area (Å²) >= 11 is 0. The lowest BCUT2D eigenvalue weighted by Crippen LogP contribution is -2.24. The molecule has 3 nitrogen and oxygen atoms in total. The zero-order chi connectivity index (χ0) is 10.4. The van der Waals surface area contributed by atoms with Gasteiger partial charge in [0.25, 0.3) is 0 Å².